The van der Waals surface area contributed by atoms with Crippen LogP contribution in [0.1, 0.15) is 0 Å². The summed E-state index contributed by atoms with van der Waals surface area (Å²) in [5.74, 6) is -0.387. The molecule has 0 saturated carbocycles. The van der Waals surface area contributed by atoms with E-state index in [1.807, 2.05) is 60.7 Å². The van der Waals surface area contributed by atoms with Crippen LogP contribution < -0.4 is 11.5 Å². The molecule has 40 heavy (non-hydrogen) atoms. The third kappa shape index (κ3) is 6.08. The van der Waals surface area contributed by atoms with Gasteiger partial charge in [-0.15, -0.1) is 20.4 Å². The van der Waals surface area contributed by atoms with Gasteiger partial charge in [-0.25, -0.2) is 18.7 Å². The molecule has 6 rings (SSSR count). The number of rotatable bonds is 4. The smallest absolute Gasteiger partial charge is 0.240 e. The maximum atomic E-state index is 13.0. The Balaban J connectivity index is 0.000000161. The molecule has 0 aliphatic carbocycles. The zero-order chi connectivity index (χ0) is 27.9. The van der Waals surface area contributed by atoms with Crippen LogP contribution in [0, 0.1) is 11.6 Å². The van der Waals surface area contributed by atoms with Crippen LogP contribution in [0.4, 0.5) is 20.7 Å². The van der Waals surface area contributed by atoms with E-state index < -0.39 is 0 Å². The van der Waals surface area contributed by atoms with Crippen LogP contribution >= 0.6 is 0 Å². The molecule has 0 atom stereocenters. The van der Waals surface area contributed by atoms with E-state index in [0.29, 0.717) is 22.8 Å². The van der Waals surface area contributed by atoms with Crippen molar-refractivity contribution >= 4 is 11.9 Å². The average Bonchev–Trinajstić information content (AvgIpc) is 2.99. The van der Waals surface area contributed by atoms with Gasteiger partial charge in [0, 0.05) is 22.3 Å². The average molecular weight is 533 g/mol. The minimum atomic E-state index is -0.300. The second-order valence-corrected chi connectivity index (χ2v) is 8.48. The largest absolute Gasteiger partial charge is 0.366 e. The van der Waals surface area contributed by atoms with Crippen LogP contribution in [0.5, 0.6) is 0 Å². The lowest BCUT2D eigenvalue weighted by atomic mass is 10.0. The van der Waals surface area contributed by atoms with Gasteiger partial charge in [0.2, 0.25) is 11.9 Å². The first-order valence-corrected chi connectivity index (χ1v) is 12.1. The molecule has 2 aromatic heterocycles. The van der Waals surface area contributed by atoms with Crippen molar-refractivity contribution in [3.8, 4) is 45.0 Å². The number of nitrogens with two attached hydrogens (primary N) is 2. The molecular formula is C30H22F2N8. The van der Waals surface area contributed by atoms with E-state index >= 15 is 0 Å². The summed E-state index contributed by atoms with van der Waals surface area (Å²) in [7, 11) is 0. The molecule has 0 aliphatic heterocycles. The SMILES string of the molecule is Nc1nnc(-c2ccc(F)cc2)c(-c2ccccc2)n1.Nc1nnc(-c2ccc(F)cc2)c(-c2ccccc2)n1. The first-order chi connectivity index (χ1) is 19.5. The molecule has 196 valence electrons. The summed E-state index contributed by atoms with van der Waals surface area (Å²) in [6.07, 6.45) is 0. The third-order valence-corrected chi connectivity index (χ3v) is 5.74. The third-order valence-electron chi connectivity index (χ3n) is 5.74. The molecule has 2 heterocycles. The highest BCUT2D eigenvalue weighted by Gasteiger charge is 2.13. The summed E-state index contributed by atoms with van der Waals surface area (Å²) in [4.78, 5) is 8.51. The molecule has 0 radical (unpaired) electrons. The summed E-state index contributed by atoms with van der Waals surface area (Å²) in [5.41, 5.74) is 16.9. The Morgan fingerprint density at radius 1 is 0.375 bits per heavy atom. The second-order valence-electron chi connectivity index (χ2n) is 8.48. The molecule has 0 aliphatic rings. The lowest BCUT2D eigenvalue weighted by molar-refractivity contribution is 0.627. The highest BCUT2D eigenvalue weighted by Crippen LogP contribution is 2.29. The molecule has 0 unspecified atom stereocenters. The Labute approximate surface area is 228 Å². The molecule has 0 amide bonds. The Kier molecular flexibility index (Phi) is 7.68. The Hall–Kier alpha value is -5.64. The summed E-state index contributed by atoms with van der Waals surface area (Å²) >= 11 is 0. The highest BCUT2D eigenvalue weighted by molar-refractivity contribution is 5.78. The van der Waals surface area contributed by atoms with Crippen LogP contribution in [0.2, 0.25) is 0 Å². The molecule has 0 bridgehead atoms. The van der Waals surface area contributed by atoms with Crippen LogP contribution in [0.15, 0.2) is 109 Å². The zero-order valence-corrected chi connectivity index (χ0v) is 21.0. The van der Waals surface area contributed by atoms with Gasteiger partial charge >= 0.3 is 0 Å². The van der Waals surface area contributed by atoms with Crippen molar-refractivity contribution in [3.63, 3.8) is 0 Å². The molecule has 8 nitrogen and oxygen atoms in total. The molecule has 10 heteroatoms. The van der Waals surface area contributed by atoms with E-state index in [2.05, 4.69) is 30.4 Å². The minimum absolute atomic E-state index is 0.106. The quantitative estimate of drug-likeness (QED) is 0.289. The van der Waals surface area contributed by atoms with Crippen molar-refractivity contribution < 1.29 is 8.78 Å². The molecule has 6 aromatic rings. The number of hydrogen-bond acceptors (Lipinski definition) is 8. The van der Waals surface area contributed by atoms with Gasteiger partial charge in [0.1, 0.15) is 34.4 Å². The predicted octanol–water partition coefficient (Wildman–Crippen LogP) is 5.85. The van der Waals surface area contributed by atoms with Gasteiger partial charge in [-0.1, -0.05) is 60.7 Å². The van der Waals surface area contributed by atoms with Crippen LogP contribution in [0.25, 0.3) is 45.0 Å². The van der Waals surface area contributed by atoms with Crippen molar-refractivity contribution in [3.05, 3.63) is 121 Å². The number of halogens is 2. The number of benzene rings is 4. The Morgan fingerprint density at radius 3 is 1.05 bits per heavy atom. The molecule has 0 spiro atoms. The number of aromatic nitrogens is 6. The van der Waals surface area contributed by atoms with Crippen LogP contribution in [-0.4, -0.2) is 30.4 Å². The zero-order valence-electron chi connectivity index (χ0n) is 21.0. The van der Waals surface area contributed by atoms with Crippen molar-refractivity contribution in [2.24, 2.45) is 0 Å². The lowest BCUT2D eigenvalue weighted by Crippen LogP contribution is -2.02. The topological polar surface area (TPSA) is 129 Å². The number of hydrogen-bond donors (Lipinski definition) is 2. The fourth-order valence-corrected chi connectivity index (χ4v) is 3.88. The summed E-state index contributed by atoms with van der Waals surface area (Å²) in [6, 6.07) is 31.2. The van der Waals surface area contributed by atoms with Gasteiger partial charge in [0.15, 0.2) is 0 Å². The van der Waals surface area contributed by atoms with Crippen molar-refractivity contribution in [2.45, 2.75) is 0 Å². The van der Waals surface area contributed by atoms with Gasteiger partial charge in [-0.2, -0.15) is 0 Å². The van der Waals surface area contributed by atoms with E-state index in [9.17, 15) is 8.78 Å². The molecule has 0 saturated heterocycles. The lowest BCUT2D eigenvalue weighted by Gasteiger charge is -2.07. The highest BCUT2D eigenvalue weighted by atomic mass is 19.1. The number of nitrogens with zero attached hydrogens (tertiary/aromatic N) is 6. The van der Waals surface area contributed by atoms with Gasteiger partial charge in [0.05, 0.1) is 0 Å². The Morgan fingerprint density at radius 2 is 0.700 bits per heavy atom. The first kappa shape index (κ1) is 26.0. The standard InChI is InChI=1S/2C15H11FN4/c2*16-12-8-6-11(7-9-12)14-13(18-15(17)20-19-14)10-4-2-1-3-5-10/h2*1-9H,(H2,17,18,20). The molecule has 4 N–H and O–H groups in total. The van der Waals surface area contributed by atoms with Gasteiger partial charge < -0.3 is 11.5 Å². The van der Waals surface area contributed by atoms with E-state index in [4.69, 9.17) is 11.5 Å². The monoisotopic (exact) mass is 532 g/mol. The van der Waals surface area contributed by atoms with Crippen molar-refractivity contribution in [2.75, 3.05) is 11.5 Å². The van der Waals surface area contributed by atoms with Gasteiger partial charge in [0.25, 0.3) is 0 Å². The second kappa shape index (κ2) is 11.8. The number of anilines is 2. The first-order valence-electron chi connectivity index (χ1n) is 12.1. The van der Waals surface area contributed by atoms with Crippen LogP contribution in [0.3, 0.4) is 0 Å². The number of nitrogen functional groups attached to an aromatic ring is 2. The van der Waals surface area contributed by atoms with Crippen LogP contribution in [-0.2, 0) is 0 Å². The van der Waals surface area contributed by atoms with E-state index in [-0.39, 0.29) is 23.5 Å². The van der Waals surface area contributed by atoms with E-state index in [1.165, 1.54) is 24.3 Å². The van der Waals surface area contributed by atoms with Crippen molar-refractivity contribution in [1.29, 1.82) is 0 Å². The molecule has 0 fully saturated rings. The van der Waals surface area contributed by atoms with Gasteiger partial charge in [-0.05, 0) is 48.5 Å². The minimum Gasteiger partial charge on any atom is -0.366 e. The normalized spacial score (nSPS) is 10.4. The van der Waals surface area contributed by atoms with E-state index in [0.717, 1.165) is 22.3 Å². The van der Waals surface area contributed by atoms with E-state index in [1.54, 1.807) is 24.3 Å². The fourth-order valence-electron chi connectivity index (χ4n) is 3.88. The maximum absolute atomic E-state index is 13.0. The summed E-state index contributed by atoms with van der Waals surface area (Å²) < 4.78 is 26.0. The molecular weight excluding hydrogens is 510 g/mol. The fraction of sp³-hybridized carbons (Fsp3) is 0. The Bertz CT molecular complexity index is 1580. The van der Waals surface area contributed by atoms with Crippen molar-refractivity contribution in [1.82, 2.24) is 30.4 Å². The molecule has 4 aromatic carbocycles. The summed E-state index contributed by atoms with van der Waals surface area (Å²) in [5, 5.41) is 15.8. The predicted molar refractivity (Wildman–Crippen MR) is 150 cm³/mol. The van der Waals surface area contributed by atoms with Gasteiger partial charge in [-0.3, -0.25) is 0 Å². The summed E-state index contributed by atoms with van der Waals surface area (Å²) in [6.45, 7) is 0. The maximum Gasteiger partial charge on any atom is 0.240 e.